The molecule has 0 N–H and O–H groups in total. The van der Waals surface area contributed by atoms with E-state index in [1.807, 2.05) is 24.4 Å². The minimum atomic E-state index is 1.11. The highest BCUT2D eigenvalue weighted by molar-refractivity contribution is 8.01. The first-order valence-corrected chi connectivity index (χ1v) is 5.63. The molecule has 2 rings (SSSR count). The first-order chi connectivity index (χ1) is 6.34. The van der Waals surface area contributed by atoms with Gasteiger partial charge < -0.3 is 0 Å². The van der Waals surface area contributed by atoms with E-state index in [0.717, 1.165) is 4.34 Å². The fraction of sp³-hybridized carbons (Fsp3) is 0.100. The van der Waals surface area contributed by atoms with Crippen LogP contribution in [0.15, 0.2) is 45.8 Å². The van der Waals surface area contributed by atoms with Crippen molar-refractivity contribution in [3.63, 3.8) is 0 Å². The van der Waals surface area contributed by atoms with Crippen LogP contribution in [0.1, 0.15) is 4.88 Å². The van der Waals surface area contributed by atoms with Crippen molar-refractivity contribution in [1.29, 1.82) is 0 Å². The lowest BCUT2D eigenvalue weighted by Gasteiger charge is -1.94. The maximum Gasteiger partial charge on any atom is 0.154 e. The van der Waals surface area contributed by atoms with Crippen molar-refractivity contribution in [3.8, 4) is 0 Å². The molecule has 0 fully saturated rings. The topological polar surface area (TPSA) is 12.9 Å². The molecule has 0 saturated heterocycles. The van der Waals surface area contributed by atoms with E-state index in [2.05, 4.69) is 24.0 Å². The molecule has 2 aromatic rings. The Morgan fingerprint density at radius 1 is 1.23 bits per heavy atom. The average Bonchev–Trinajstić information content (AvgIpc) is 2.53. The zero-order valence-electron chi connectivity index (χ0n) is 7.23. The monoisotopic (exact) mass is 207 g/mol. The Morgan fingerprint density at radius 3 is 2.62 bits per heavy atom. The van der Waals surface area contributed by atoms with Crippen molar-refractivity contribution >= 4 is 23.1 Å². The van der Waals surface area contributed by atoms with Crippen LogP contribution in [-0.2, 0) is 0 Å². The van der Waals surface area contributed by atoms with Gasteiger partial charge in [-0.2, -0.15) is 0 Å². The van der Waals surface area contributed by atoms with Crippen LogP contribution in [0.3, 0.4) is 0 Å². The second-order valence-electron chi connectivity index (χ2n) is 2.65. The largest absolute Gasteiger partial charge is 0.237 e. The highest BCUT2D eigenvalue weighted by atomic mass is 32.2. The normalized spacial score (nSPS) is 10.2. The Hall–Kier alpha value is -0.800. The van der Waals surface area contributed by atoms with Crippen LogP contribution >= 0.6 is 23.1 Å². The van der Waals surface area contributed by atoms with Crippen LogP contribution < -0.4 is 0 Å². The van der Waals surface area contributed by atoms with Gasteiger partial charge >= 0.3 is 0 Å². The van der Waals surface area contributed by atoms with Gasteiger partial charge in [-0.25, -0.2) is 4.98 Å². The molecule has 0 aliphatic carbocycles. The number of benzene rings is 1. The van der Waals surface area contributed by atoms with Crippen molar-refractivity contribution in [2.24, 2.45) is 0 Å². The number of nitrogens with zero attached hydrogens (tertiary/aromatic N) is 1. The van der Waals surface area contributed by atoms with E-state index in [1.54, 1.807) is 23.1 Å². The maximum absolute atomic E-state index is 4.29. The smallest absolute Gasteiger partial charge is 0.154 e. The lowest BCUT2D eigenvalue weighted by Crippen LogP contribution is -1.68. The van der Waals surface area contributed by atoms with E-state index in [-0.39, 0.29) is 0 Å². The zero-order valence-corrected chi connectivity index (χ0v) is 8.86. The molecule has 0 amide bonds. The van der Waals surface area contributed by atoms with Gasteiger partial charge in [-0.3, -0.25) is 0 Å². The van der Waals surface area contributed by atoms with E-state index >= 15 is 0 Å². The van der Waals surface area contributed by atoms with Crippen LogP contribution in [0.4, 0.5) is 0 Å². The lowest BCUT2D eigenvalue weighted by atomic mass is 10.4. The molecule has 0 radical (unpaired) electrons. The van der Waals surface area contributed by atoms with Gasteiger partial charge in [-0.15, -0.1) is 11.3 Å². The number of hydrogen-bond donors (Lipinski definition) is 0. The predicted octanol–water partition coefficient (Wildman–Crippen LogP) is 3.60. The molecule has 0 bridgehead atoms. The molecule has 0 aliphatic rings. The summed E-state index contributed by atoms with van der Waals surface area (Å²) in [4.78, 5) is 6.80. The minimum Gasteiger partial charge on any atom is -0.237 e. The van der Waals surface area contributed by atoms with Crippen LogP contribution in [0.2, 0.25) is 0 Å². The van der Waals surface area contributed by atoms with Gasteiger partial charge in [-0.05, 0) is 19.1 Å². The van der Waals surface area contributed by atoms with Crippen molar-refractivity contribution in [3.05, 3.63) is 41.4 Å². The standard InChI is InChI=1S/C10H9NS2/c1-8-7-11-10(12-8)13-9-5-3-2-4-6-9/h2-7H,1H3. The van der Waals surface area contributed by atoms with Crippen molar-refractivity contribution in [1.82, 2.24) is 4.98 Å². The molecule has 0 unspecified atom stereocenters. The molecule has 1 nitrogen and oxygen atoms in total. The molecule has 0 aliphatic heterocycles. The Balaban J connectivity index is 2.15. The molecule has 66 valence electrons. The average molecular weight is 207 g/mol. The third-order valence-electron chi connectivity index (χ3n) is 1.55. The summed E-state index contributed by atoms with van der Waals surface area (Å²) in [5.41, 5.74) is 0. The molecular weight excluding hydrogens is 198 g/mol. The van der Waals surface area contributed by atoms with Gasteiger partial charge in [0.25, 0.3) is 0 Å². The van der Waals surface area contributed by atoms with Crippen LogP contribution in [-0.4, -0.2) is 4.98 Å². The fourth-order valence-electron chi connectivity index (χ4n) is 0.971. The molecule has 3 heteroatoms. The minimum absolute atomic E-state index is 1.11. The van der Waals surface area contributed by atoms with Gasteiger partial charge in [0.2, 0.25) is 0 Å². The Morgan fingerprint density at radius 2 is 2.00 bits per heavy atom. The second kappa shape index (κ2) is 3.94. The maximum atomic E-state index is 4.29. The molecule has 1 heterocycles. The summed E-state index contributed by atoms with van der Waals surface area (Å²) in [5.74, 6) is 0. The summed E-state index contributed by atoms with van der Waals surface area (Å²) in [6, 6.07) is 10.3. The predicted molar refractivity (Wildman–Crippen MR) is 57.4 cm³/mol. The number of thiazole rings is 1. The van der Waals surface area contributed by atoms with Gasteiger partial charge in [0.1, 0.15) is 0 Å². The number of aryl methyl sites for hydroxylation is 1. The Labute approximate surface area is 85.8 Å². The summed E-state index contributed by atoms with van der Waals surface area (Å²) < 4.78 is 1.11. The van der Waals surface area contributed by atoms with Gasteiger partial charge in [-0.1, -0.05) is 30.0 Å². The highest BCUT2D eigenvalue weighted by Crippen LogP contribution is 2.30. The van der Waals surface area contributed by atoms with Crippen LogP contribution in [0, 0.1) is 6.92 Å². The zero-order chi connectivity index (χ0) is 9.10. The van der Waals surface area contributed by atoms with E-state index in [1.165, 1.54) is 9.77 Å². The molecule has 0 atom stereocenters. The first-order valence-electron chi connectivity index (χ1n) is 4.00. The highest BCUT2D eigenvalue weighted by Gasteiger charge is 1.99. The van der Waals surface area contributed by atoms with Crippen molar-refractivity contribution in [2.75, 3.05) is 0 Å². The third kappa shape index (κ3) is 2.32. The Bertz CT molecular complexity index is 381. The van der Waals surface area contributed by atoms with Crippen molar-refractivity contribution < 1.29 is 0 Å². The first kappa shape index (κ1) is 8.78. The summed E-state index contributed by atoms with van der Waals surface area (Å²) in [6.45, 7) is 2.08. The summed E-state index contributed by atoms with van der Waals surface area (Å²) in [7, 11) is 0. The number of aromatic nitrogens is 1. The number of hydrogen-bond acceptors (Lipinski definition) is 3. The van der Waals surface area contributed by atoms with Gasteiger partial charge in [0.05, 0.1) is 0 Å². The van der Waals surface area contributed by atoms with Crippen LogP contribution in [0.25, 0.3) is 0 Å². The van der Waals surface area contributed by atoms with E-state index in [9.17, 15) is 0 Å². The summed E-state index contributed by atoms with van der Waals surface area (Å²) in [5, 5.41) is 0. The van der Waals surface area contributed by atoms with Crippen molar-refractivity contribution in [2.45, 2.75) is 16.2 Å². The fourth-order valence-corrected chi connectivity index (χ4v) is 2.91. The molecular formula is C10H9NS2. The summed E-state index contributed by atoms with van der Waals surface area (Å²) >= 11 is 3.45. The summed E-state index contributed by atoms with van der Waals surface area (Å²) in [6.07, 6.45) is 1.91. The molecule has 1 aromatic heterocycles. The van der Waals surface area contributed by atoms with Gasteiger partial charge in [0, 0.05) is 16.0 Å². The Kier molecular flexibility index (Phi) is 2.66. The third-order valence-corrected chi connectivity index (χ3v) is 3.54. The SMILES string of the molecule is Cc1cnc(Sc2ccccc2)s1. The molecule has 0 saturated carbocycles. The van der Waals surface area contributed by atoms with E-state index in [4.69, 9.17) is 0 Å². The van der Waals surface area contributed by atoms with E-state index in [0.29, 0.717) is 0 Å². The lowest BCUT2D eigenvalue weighted by molar-refractivity contribution is 1.24. The quantitative estimate of drug-likeness (QED) is 0.746. The second-order valence-corrected chi connectivity index (χ2v) is 5.21. The van der Waals surface area contributed by atoms with E-state index < -0.39 is 0 Å². The number of rotatable bonds is 2. The van der Waals surface area contributed by atoms with Crippen LogP contribution in [0.5, 0.6) is 0 Å². The van der Waals surface area contributed by atoms with Gasteiger partial charge in [0.15, 0.2) is 4.34 Å². The molecule has 1 aromatic carbocycles. The molecule has 0 spiro atoms. The molecule has 13 heavy (non-hydrogen) atoms.